The molecule has 2 bridgehead atoms. The number of benzene rings is 1. The van der Waals surface area contributed by atoms with Crippen LogP contribution in [-0.2, 0) is 6.54 Å². The molecule has 1 aliphatic carbocycles. The Morgan fingerprint density at radius 2 is 1.88 bits per heavy atom. The van der Waals surface area contributed by atoms with Crippen molar-refractivity contribution in [3.05, 3.63) is 35.7 Å². The van der Waals surface area contributed by atoms with E-state index in [1.807, 2.05) is 16.5 Å². The van der Waals surface area contributed by atoms with Crippen LogP contribution in [0.4, 0.5) is 32.4 Å². The number of hydrogen-bond donors (Lipinski definition) is 1. The lowest BCUT2D eigenvalue weighted by molar-refractivity contribution is 0.340. The molecular weight excluding hydrogens is 418 g/mol. The number of nitrogens with zero attached hydrogens (tertiary/aromatic N) is 7. The molecule has 1 N–H and O–H groups in total. The van der Waals surface area contributed by atoms with Crippen LogP contribution in [-0.4, -0.2) is 50.6 Å². The molecule has 11 heteroatoms. The predicted octanol–water partition coefficient (Wildman–Crippen LogP) is 3.12. The fourth-order valence-electron chi connectivity index (χ4n) is 5.30. The van der Waals surface area contributed by atoms with E-state index in [9.17, 15) is 8.78 Å². The van der Waals surface area contributed by atoms with E-state index in [1.54, 1.807) is 6.07 Å². The number of fused-ring (bicyclic) bond motifs is 3. The molecule has 3 aliphatic rings. The highest BCUT2D eigenvalue weighted by Crippen LogP contribution is 2.40. The summed E-state index contributed by atoms with van der Waals surface area (Å²) in [6.45, 7) is 4.95. The lowest BCUT2D eigenvalue weighted by Gasteiger charge is -2.37. The number of aryl methyl sites for hydroxylation is 2. The molecule has 0 amide bonds. The monoisotopic (exact) mass is 442 g/mol. The molecule has 6 rings (SSSR count). The number of halogens is 2. The van der Waals surface area contributed by atoms with Gasteiger partial charge < -0.3 is 19.6 Å². The van der Waals surface area contributed by atoms with Crippen LogP contribution in [0.3, 0.4) is 0 Å². The number of anilines is 4. The molecule has 1 saturated carbocycles. The summed E-state index contributed by atoms with van der Waals surface area (Å²) >= 11 is 0. The Morgan fingerprint density at radius 1 is 1.06 bits per heavy atom. The van der Waals surface area contributed by atoms with Gasteiger partial charge in [0.1, 0.15) is 0 Å². The predicted molar refractivity (Wildman–Crippen MR) is 113 cm³/mol. The third-order valence-corrected chi connectivity index (χ3v) is 6.78. The molecule has 2 aromatic heterocycles. The van der Waals surface area contributed by atoms with Crippen molar-refractivity contribution in [1.29, 1.82) is 0 Å². The van der Waals surface area contributed by atoms with Gasteiger partial charge in [0.25, 0.3) is 0 Å². The number of nitrogens with one attached hydrogen (secondary N) is 1. The minimum atomic E-state index is -0.864. The Bertz CT molecular complexity index is 1130. The van der Waals surface area contributed by atoms with Gasteiger partial charge >= 0.3 is 6.01 Å². The molecule has 1 saturated heterocycles. The second-order valence-electron chi connectivity index (χ2n) is 8.86. The summed E-state index contributed by atoms with van der Waals surface area (Å²) in [4.78, 5) is 13.2. The van der Waals surface area contributed by atoms with Gasteiger partial charge in [0, 0.05) is 44.0 Å². The van der Waals surface area contributed by atoms with Gasteiger partial charge in [-0.2, -0.15) is 9.97 Å². The van der Waals surface area contributed by atoms with Crippen molar-refractivity contribution in [2.24, 2.45) is 11.8 Å². The van der Waals surface area contributed by atoms with E-state index >= 15 is 0 Å². The minimum Gasteiger partial charge on any atom is -0.349 e. The third-order valence-electron chi connectivity index (χ3n) is 6.78. The average Bonchev–Trinajstić information content (AvgIpc) is 3.45. The maximum Gasteiger partial charge on any atom is 0.324 e. The van der Waals surface area contributed by atoms with Crippen molar-refractivity contribution in [1.82, 2.24) is 24.9 Å². The Morgan fingerprint density at radius 3 is 2.59 bits per heavy atom. The second-order valence-corrected chi connectivity index (χ2v) is 8.86. The van der Waals surface area contributed by atoms with Crippen LogP contribution in [0.25, 0.3) is 0 Å². The third kappa shape index (κ3) is 3.26. The van der Waals surface area contributed by atoms with Crippen molar-refractivity contribution in [2.75, 3.05) is 34.8 Å². The van der Waals surface area contributed by atoms with Crippen molar-refractivity contribution < 1.29 is 13.3 Å². The van der Waals surface area contributed by atoms with Gasteiger partial charge in [-0.15, -0.1) is 5.10 Å². The highest BCUT2D eigenvalue weighted by Gasteiger charge is 2.44. The zero-order valence-electron chi connectivity index (χ0n) is 17.7. The van der Waals surface area contributed by atoms with Gasteiger partial charge in [-0.05, 0) is 50.2 Å². The molecule has 0 radical (unpaired) electrons. The van der Waals surface area contributed by atoms with E-state index in [1.165, 1.54) is 6.07 Å². The number of hydrogen-bond acceptors (Lipinski definition) is 8. The Hall–Kier alpha value is -3.24. The molecular formula is C21H24F2N8O. The zero-order chi connectivity index (χ0) is 21.8. The van der Waals surface area contributed by atoms with E-state index in [0.29, 0.717) is 47.8 Å². The van der Waals surface area contributed by atoms with Gasteiger partial charge in [0.15, 0.2) is 17.5 Å². The van der Waals surface area contributed by atoms with Crippen molar-refractivity contribution in [3.63, 3.8) is 0 Å². The molecule has 2 fully saturated rings. The second kappa shape index (κ2) is 7.42. The maximum absolute atomic E-state index is 13.8. The van der Waals surface area contributed by atoms with Gasteiger partial charge in [-0.25, -0.2) is 13.5 Å². The summed E-state index contributed by atoms with van der Waals surface area (Å²) in [5, 5.41) is 12.2. The fraction of sp³-hybridized carbons (Fsp3) is 0.524. The van der Waals surface area contributed by atoms with E-state index < -0.39 is 11.6 Å². The first-order valence-electron chi connectivity index (χ1n) is 11.0. The molecule has 32 heavy (non-hydrogen) atoms. The van der Waals surface area contributed by atoms with Crippen LogP contribution in [0.5, 0.6) is 0 Å². The summed E-state index contributed by atoms with van der Waals surface area (Å²) in [6.07, 6.45) is 3.10. The van der Waals surface area contributed by atoms with Crippen LogP contribution in [0.15, 0.2) is 22.7 Å². The summed E-state index contributed by atoms with van der Waals surface area (Å²) in [5.74, 6) is 1.03. The molecule has 3 atom stereocenters. The Kier molecular flexibility index (Phi) is 4.51. The lowest BCUT2D eigenvalue weighted by atomic mass is 9.92. The number of piperidine rings is 1. The molecule has 0 spiro atoms. The Balaban J connectivity index is 1.21. The highest BCUT2D eigenvalue weighted by atomic mass is 19.2. The van der Waals surface area contributed by atoms with Gasteiger partial charge in [-0.3, -0.25) is 0 Å². The fourth-order valence-corrected chi connectivity index (χ4v) is 5.30. The minimum absolute atomic E-state index is 0.274. The average molecular weight is 442 g/mol. The van der Waals surface area contributed by atoms with Crippen LogP contribution in [0, 0.1) is 30.4 Å². The maximum atomic E-state index is 13.8. The summed E-state index contributed by atoms with van der Waals surface area (Å²) in [5.41, 5.74) is 0.576. The van der Waals surface area contributed by atoms with E-state index in [2.05, 4.69) is 25.5 Å². The molecule has 1 unspecified atom stereocenters. The highest BCUT2D eigenvalue weighted by molar-refractivity contribution is 5.59. The van der Waals surface area contributed by atoms with Crippen molar-refractivity contribution in [3.8, 4) is 0 Å². The summed E-state index contributed by atoms with van der Waals surface area (Å²) < 4.78 is 34.4. The zero-order valence-corrected chi connectivity index (χ0v) is 17.7. The molecule has 4 heterocycles. The molecule has 9 nitrogen and oxygen atoms in total. The lowest BCUT2D eigenvalue weighted by Crippen LogP contribution is -2.48. The largest absolute Gasteiger partial charge is 0.349 e. The molecule has 2 aliphatic heterocycles. The molecule has 3 aromatic rings. The normalized spacial score (nSPS) is 24.7. The first kappa shape index (κ1) is 19.4. The van der Waals surface area contributed by atoms with Crippen LogP contribution in [0.2, 0.25) is 0 Å². The van der Waals surface area contributed by atoms with Crippen molar-refractivity contribution >= 4 is 23.6 Å². The smallest absolute Gasteiger partial charge is 0.324 e. The molecule has 168 valence electrons. The summed E-state index contributed by atoms with van der Waals surface area (Å²) in [7, 11) is 0. The number of aromatic nitrogens is 5. The van der Waals surface area contributed by atoms with Crippen LogP contribution < -0.4 is 15.1 Å². The van der Waals surface area contributed by atoms with Crippen LogP contribution >= 0.6 is 0 Å². The van der Waals surface area contributed by atoms with E-state index in [0.717, 1.165) is 45.0 Å². The standard InChI is InChI=1S/C21H24F2N8O/c1-12-24-21(32-28-12)29-10-13-3-4-14(11-29)18(13)25-19-26-20-30(7-2-8-31(20)27-19)15-5-6-16(22)17(23)9-15/h5-6,9,13-14,18H,2-4,7-8,10-11H2,1H3,(H,25,27)/t13-,14+,18?. The van der Waals surface area contributed by atoms with Gasteiger partial charge in [-0.1, -0.05) is 5.16 Å². The quantitative estimate of drug-likeness (QED) is 0.660. The molecule has 1 aromatic carbocycles. The SMILES string of the molecule is Cc1noc(N2C[C@H]3CC[C@@H](C2)C3Nc2nc3n(n2)CCCN3c2ccc(F)c(F)c2)n1. The van der Waals surface area contributed by atoms with E-state index in [-0.39, 0.29) is 6.04 Å². The topological polar surface area (TPSA) is 88.1 Å². The number of rotatable bonds is 4. The van der Waals surface area contributed by atoms with Crippen molar-refractivity contribution in [2.45, 2.75) is 38.8 Å². The summed E-state index contributed by atoms with van der Waals surface area (Å²) in [6, 6.07) is 4.80. The van der Waals surface area contributed by atoms with Gasteiger partial charge in [0.2, 0.25) is 11.9 Å². The first-order valence-corrected chi connectivity index (χ1v) is 11.0. The first-order chi connectivity index (χ1) is 15.5. The van der Waals surface area contributed by atoms with E-state index in [4.69, 9.17) is 9.51 Å². The van der Waals surface area contributed by atoms with Gasteiger partial charge in [0.05, 0.1) is 0 Å². The van der Waals surface area contributed by atoms with Crippen LogP contribution in [0.1, 0.15) is 25.1 Å². The Labute approximate surface area is 183 Å².